The lowest BCUT2D eigenvalue weighted by molar-refractivity contribution is 0.00578. The van der Waals surface area contributed by atoms with Gasteiger partial charge in [-0.25, -0.2) is 9.97 Å². The summed E-state index contributed by atoms with van der Waals surface area (Å²) < 4.78 is 12.3. The molecule has 1 aliphatic carbocycles. The second-order valence-electron chi connectivity index (χ2n) is 6.62. The van der Waals surface area contributed by atoms with Crippen LogP contribution < -0.4 is 5.46 Å². The van der Waals surface area contributed by atoms with Crippen molar-refractivity contribution in [2.45, 2.75) is 78.4 Å². The fourth-order valence-corrected chi connectivity index (χ4v) is 2.44. The minimum Gasteiger partial charge on any atom is -0.399 e. The van der Waals surface area contributed by atoms with Gasteiger partial charge in [0, 0.05) is 22.8 Å². The molecule has 2 fully saturated rings. The molecule has 0 bridgehead atoms. The van der Waals surface area contributed by atoms with Crippen LogP contribution in [0.1, 0.15) is 71.7 Å². The Balaban J connectivity index is 0.000000774. The summed E-state index contributed by atoms with van der Waals surface area (Å²) in [5.74, 6) is 0.565. The standard InChI is InChI=1S/C14H21BN2O2.C2H6/c1-9-11(12(10-6-7-10)17-8-16-9)15-18-13(2,3)14(4,5)19-15;1-2/h8,10H,6-7H2,1-5H3;1-2H3. The van der Waals surface area contributed by atoms with E-state index in [1.54, 1.807) is 6.33 Å². The molecule has 4 nitrogen and oxygen atoms in total. The Labute approximate surface area is 128 Å². The average Bonchev–Trinajstić information content (AvgIpc) is 3.20. The highest BCUT2D eigenvalue weighted by Gasteiger charge is 2.53. The van der Waals surface area contributed by atoms with E-state index in [2.05, 4.69) is 37.7 Å². The second kappa shape index (κ2) is 5.69. The molecule has 3 rings (SSSR count). The first-order valence-electron chi connectivity index (χ1n) is 7.99. The number of rotatable bonds is 2. The van der Waals surface area contributed by atoms with Gasteiger partial charge in [-0.2, -0.15) is 0 Å². The smallest absolute Gasteiger partial charge is 0.399 e. The minimum atomic E-state index is -0.346. The first-order chi connectivity index (χ1) is 9.82. The molecule has 0 atom stereocenters. The largest absolute Gasteiger partial charge is 0.498 e. The fourth-order valence-electron chi connectivity index (χ4n) is 2.44. The van der Waals surface area contributed by atoms with Crippen LogP contribution in [0, 0.1) is 6.92 Å². The van der Waals surface area contributed by atoms with Crippen molar-refractivity contribution in [2.75, 3.05) is 0 Å². The zero-order chi connectivity index (χ0) is 15.8. The quantitative estimate of drug-likeness (QED) is 0.785. The molecular weight excluding hydrogens is 263 g/mol. The van der Waals surface area contributed by atoms with Gasteiger partial charge in [-0.3, -0.25) is 0 Å². The Hall–Kier alpha value is -0.935. The lowest BCUT2D eigenvalue weighted by atomic mass is 9.75. The first-order valence-corrected chi connectivity index (χ1v) is 7.99. The van der Waals surface area contributed by atoms with Crippen LogP contribution in [0.15, 0.2) is 6.33 Å². The van der Waals surface area contributed by atoms with Crippen LogP contribution >= 0.6 is 0 Å². The molecule has 116 valence electrons. The Morgan fingerprint density at radius 1 is 1.05 bits per heavy atom. The van der Waals surface area contributed by atoms with Crippen molar-refractivity contribution in [2.24, 2.45) is 0 Å². The monoisotopic (exact) mass is 290 g/mol. The van der Waals surface area contributed by atoms with Crippen LogP contribution in [0.2, 0.25) is 0 Å². The molecule has 0 N–H and O–H groups in total. The summed E-state index contributed by atoms with van der Waals surface area (Å²) in [6, 6.07) is 0. The number of hydrogen-bond acceptors (Lipinski definition) is 4. The van der Waals surface area contributed by atoms with Gasteiger partial charge in [-0.15, -0.1) is 0 Å². The summed E-state index contributed by atoms with van der Waals surface area (Å²) in [4.78, 5) is 8.79. The molecule has 1 aromatic heterocycles. The van der Waals surface area contributed by atoms with Crippen LogP contribution in [0.5, 0.6) is 0 Å². The zero-order valence-electron chi connectivity index (χ0n) is 14.4. The number of aryl methyl sites for hydroxylation is 1. The Morgan fingerprint density at radius 3 is 2.05 bits per heavy atom. The van der Waals surface area contributed by atoms with E-state index in [0.29, 0.717) is 5.92 Å². The van der Waals surface area contributed by atoms with E-state index in [4.69, 9.17) is 9.31 Å². The van der Waals surface area contributed by atoms with Gasteiger partial charge in [0.15, 0.2) is 0 Å². The lowest BCUT2D eigenvalue weighted by Gasteiger charge is -2.32. The summed E-state index contributed by atoms with van der Waals surface area (Å²) >= 11 is 0. The third kappa shape index (κ3) is 2.99. The van der Waals surface area contributed by atoms with Crippen molar-refractivity contribution >= 4 is 12.6 Å². The zero-order valence-corrected chi connectivity index (χ0v) is 14.4. The van der Waals surface area contributed by atoms with Gasteiger partial charge in [0.25, 0.3) is 0 Å². The van der Waals surface area contributed by atoms with E-state index < -0.39 is 0 Å². The summed E-state index contributed by atoms with van der Waals surface area (Å²) in [5, 5.41) is 0. The van der Waals surface area contributed by atoms with Crippen LogP contribution in [0.25, 0.3) is 0 Å². The van der Waals surface area contributed by atoms with Crippen molar-refractivity contribution in [1.29, 1.82) is 0 Å². The molecule has 1 saturated carbocycles. The minimum absolute atomic E-state index is 0.319. The molecular formula is C16H27BN2O2. The molecule has 0 amide bonds. The predicted octanol–water partition coefficient (Wildman–Crippen LogP) is 2.99. The van der Waals surface area contributed by atoms with Gasteiger partial charge >= 0.3 is 7.12 Å². The van der Waals surface area contributed by atoms with E-state index in [1.165, 1.54) is 12.8 Å². The lowest BCUT2D eigenvalue weighted by Crippen LogP contribution is -2.41. The summed E-state index contributed by atoms with van der Waals surface area (Å²) in [7, 11) is -0.346. The molecule has 1 saturated heterocycles. The average molecular weight is 290 g/mol. The van der Waals surface area contributed by atoms with E-state index in [9.17, 15) is 0 Å². The van der Waals surface area contributed by atoms with Crippen molar-refractivity contribution in [3.8, 4) is 0 Å². The van der Waals surface area contributed by atoms with E-state index in [0.717, 1.165) is 16.9 Å². The summed E-state index contributed by atoms with van der Waals surface area (Å²) in [6.07, 6.45) is 4.07. The number of aromatic nitrogens is 2. The van der Waals surface area contributed by atoms with E-state index >= 15 is 0 Å². The van der Waals surface area contributed by atoms with Crippen molar-refractivity contribution in [3.63, 3.8) is 0 Å². The molecule has 0 aromatic carbocycles. The maximum Gasteiger partial charge on any atom is 0.498 e. The second-order valence-corrected chi connectivity index (χ2v) is 6.62. The highest BCUT2D eigenvalue weighted by Crippen LogP contribution is 2.41. The van der Waals surface area contributed by atoms with E-state index in [-0.39, 0.29) is 18.3 Å². The molecule has 1 aromatic rings. The molecule has 0 unspecified atom stereocenters. The SMILES string of the molecule is CC.Cc1ncnc(C2CC2)c1B1OC(C)(C)C(C)(C)O1. The molecule has 0 spiro atoms. The number of hydrogen-bond donors (Lipinski definition) is 0. The maximum absolute atomic E-state index is 6.15. The molecule has 2 heterocycles. The van der Waals surface area contributed by atoms with Crippen molar-refractivity contribution < 1.29 is 9.31 Å². The van der Waals surface area contributed by atoms with Gasteiger partial charge in [-0.05, 0) is 47.5 Å². The normalized spacial score (nSPS) is 22.7. The third-order valence-corrected chi connectivity index (χ3v) is 4.57. The molecule has 21 heavy (non-hydrogen) atoms. The van der Waals surface area contributed by atoms with Crippen LogP contribution in [0.3, 0.4) is 0 Å². The van der Waals surface area contributed by atoms with Crippen LogP contribution in [0.4, 0.5) is 0 Å². The van der Waals surface area contributed by atoms with Gasteiger partial charge in [-0.1, -0.05) is 13.8 Å². The fraction of sp³-hybridized carbons (Fsp3) is 0.750. The van der Waals surface area contributed by atoms with Crippen LogP contribution in [-0.4, -0.2) is 28.3 Å². The molecule has 0 radical (unpaired) electrons. The predicted molar refractivity (Wildman–Crippen MR) is 85.8 cm³/mol. The van der Waals surface area contributed by atoms with E-state index in [1.807, 2.05) is 20.8 Å². The van der Waals surface area contributed by atoms with Crippen molar-refractivity contribution in [1.82, 2.24) is 9.97 Å². The third-order valence-electron chi connectivity index (χ3n) is 4.57. The van der Waals surface area contributed by atoms with Gasteiger partial charge in [0.2, 0.25) is 0 Å². The highest BCUT2D eigenvalue weighted by molar-refractivity contribution is 6.63. The highest BCUT2D eigenvalue weighted by atomic mass is 16.7. The first kappa shape index (κ1) is 16.4. The Kier molecular flexibility index (Phi) is 4.45. The van der Waals surface area contributed by atoms with Gasteiger partial charge < -0.3 is 9.31 Å². The topological polar surface area (TPSA) is 44.2 Å². The Bertz CT molecular complexity index is 497. The molecule has 1 aliphatic heterocycles. The molecule has 2 aliphatic rings. The van der Waals surface area contributed by atoms with Gasteiger partial charge in [0.1, 0.15) is 6.33 Å². The van der Waals surface area contributed by atoms with Gasteiger partial charge in [0.05, 0.1) is 11.2 Å². The Morgan fingerprint density at radius 2 is 1.57 bits per heavy atom. The van der Waals surface area contributed by atoms with Crippen molar-refractivity contribution in [3.05, 3.63) is 17.7 Å². The summed E-state index contributed by atoms with van der Waals surface area (Å²) in [5.41, 5.74) is 2.49. The number of nitrogens with zero attached hydrogens (tertiary/aromatic N) is 2. The summed E-state index contributed by atoms with van der Waals surface area (Å²) in [6.45, 7) is 14.3. The molecule has 5 heteroatoms. The maximum atomic E-state index is 6.15. The van der Waals surface area contributed by atoms with Crippen LogP contribution in [-0.2, 0) is 9.31 Å².